The molecule has 0 spiro atoms. The molecule has 0 saturated heterocycles. The molecule has 7 aromatic rings. The highest BCUT2D eigenvalue weighted by molar-refractivity contribution is 6.50. The second kappa shape index (κ2) is 10.3. The van der Waals surface area contributed by atoms with Crippen molar-refractivity contribution >= 4 is 51.9 Å². The van der Waals surface area contributed by atoms with E-state index in [1.807, 2.05) is 30.3 Å². The number of benzene rings is 6. The molecule has 0 atom stereocenters. The second-order valence-corrected chi connectivity index (χ2v) is 9.77. The molecular formula is C36H25BNO2. The van der Waals surface area contributed by atoms with Gasteiger partial charge in [-0.1, -0.05) is 115 Å². The van der Waals surface area contributed by atoms with Gasteiger partial charge < -0.3 is 14.3 Å². The topological polar surface area (TPSA) is 36.6 Å². The van der Waals surface area contributed by atoms with E-state index in [4.69, 9.17) is 4.42 Å². The van der Waals surface area contributed by atoms with Crippen LogP contribution in [0.3, 0.4) is 0 Å². The van der Waals surface area contributed by atoms with E-state index in [2.05, 4.69) is 120 Å². The van der Waals surface area contributed by atoms with Gasteiger partial charge in [0.05, 0.1) is 5.69 Å². The van der Waals surface area contributed by atoms with Gasteiger partial charge in [-0.2, -0.15) is 0 Å². The maximum absolute atomic E-state index is 9.84. The molecule has 1 heterocycles. The van der Waals surface area contributed by atoms with E-state index >= 15 is 0 Å². The second-order valence-electron chi connectivity index (χ2n) is 9.77. The predicted molar refractivity (Wildman–Crippen MR) is 167 cm³/mol. The molecule has 1 N–H and O–H groups in total. The molecule has 0 aliphatic carbocycles. The number of hydrogen-bond acceptors (Lipinski definition) is 3. The summed E-state index contributed by atoms with van der Waals surface area (Å²) in [5.74, 6) is 0. The molecule has 0 amide bonds. The minimum absolute atomic E-state index is 0.658. The van der Waals surface area contributed by atoms with Crippen LogP contribution in [-0.4, -0.2) is 12.5 Å². The van der Waals surface area contributed by atoms with Crippen molar-refractivity contribution in [2.24, 2.45) is 0 Å². The van der Waals surface area contributed by atoms with Crippen LogP contribution in [0.4, 0.5) is 17.1 Å². The Balaban J connectivity index is 1.40. The first-order chi connectivity index (χ1) is 19.8. The van der Waals surface area contributed by atoms with E-state index < -0.39 is 0 Å². The number of para-hydroxylation sites is 2. The summed E-state index contributed by atoms with van der Waals surface area (Å²) < 4.78 is 6.48. The summed E-state index contributed by atoms with van der Waals surface area (Å²) >= 11 is 0. The summed E-state index contributed by atoms with van der Waals surface area (Å²) in [5.41, 5.74) is 9.76. The van der Waals surface area contributed by atoms with Gasteiger partial charge in [0.15, 0.2) is 5.58 Å². The zero-order valence-corrected chi connectivity index (χ0v) is 21.7. The normalized spacial score (nSPS) is 11.1. The molecule has 1 aromatic heterocycles. The van der Waals surface area contributed by atoms with Crippen molar-refractivity contribution in [3.63, 3.8) is 0 Å². The predicted octanol–water partition coefficient (Wildman–Crippen LogP) is 8.63. The summed E-state index contributed by atoms with van der Waals surface area (Å²) in [5, 5.41) is 11.8. The lowest BCUT2D eigenvalue weighted by atomic mass is 9.87. The zero-order chi connectivity index (χ0) is 26.9. The lowest BCUT2D eigenvalue weighted by molar-refractivity contribution is 0.613. The molecule has 0 fully saturated rings. The van der Waals surface area contributed by atoms with Gasteiger partial charge >= 0.3 is 7.48 Å². The number of fused-ring (bicyclic) bond motifs is 3. The number of furan rings is 1. The van der Waals surface area contributed by atoms with Gasteiger partial charge in [-0.05, 0) is 58.0 Å². The fourth-order valence-electron chi connectivity index (χ4n) is 5.40. The molecule has 0 unspecified atom stereocenters. The van der Waals surface area contributed by atoms with Crippen molar-refractivity contribution < 1.29 is 9.44 Å². The summed E-state index contributed by atoms with van der Waals surface area (Å²) in [6.45, 7) is 0. The van der Waals surface area contributed by atoms with Crippen molar-refractivity contribution in [2.45, 2.75) is 0 Å². The van der Waals surface area contributed by atoms with Crippen LogP contribution in [0.15, 0.2) is 150 Å². The molecule has 0 saturated carbocycles. The summed E-state index contributed by atoms with van der Waals surface area (Å²) in [6, 6.07) is 50.1. The molecule has 7 rings (SSSR count). The first-order valence-corrected chi connectivity index (χ1v) is 13.3. The van der Waals surface area contributed by atoms with Crippen LogP contribution in [0.5, 0.6) is 0 Å². The molecule has 6 aromatic carbocycles. The fourth-order valence-corrected chi connectivity index (χ4v) is 5.40. The third-order valence-corrected chi connectivity index (χ3v) is 7.38. The van der Waals surface area contributed by atoms with Gasteiger partial charge in [-0.3, -0.25) is 0 Å². The quantitative estimate of drug-likeness (QED) is 0.226. The van der Waals surface area contributed by atoms with E-state index in [-0.39, 0.29) is 0 Å². The Hall–Kier alpha value is -5.06. The number of rotatable bonds is 6. The standard InChI is InChI=1S/C36H25BNO2/c39-37-33-15-7-13-31-32-14-8-16-34(36(32)40-35(31)33)38(29-21-17-27(18-22-29)25-9-3-1-4-10-25)30-23-19-28(20-24-30)26-11-5-2-6-12-26/h1-24,39H. The Bertz CT molecular complexity index is 1830. The number of anilines is 3. The van der Waals surface area contributed by atoms with Crippen molar-refractivity contribution in [1.82, 2.24) is 0 Å². The lowest BCUT2D eigenvalue weighted by Gasteiger charge is -2.26. The molecule has 0 aliphatic rings. The Kier molecular flexibility index (Phi) is 6.16. The average molecular weight is 514 g/mol. The first kappa shape index (κ1) is 24.0. The lowest BCUT2D eigenvalue weighted by Crippen LogP contribution is -2.13. The van der Waals surface area contributed by atoms with Gasteiger partial charge in [-0.15, -0.1) is 0 Å². The largest absolute Gasteiger partial charge is 0.454 e. The zero-order valence-electron chi connectivity index (χ0n) is 21.7. The Labute approximate surface area is 233 Å². The molecule has 0 aliphatic heterocycles. The van der Waals surface area contributed by atoms with Gasteiger partial charge in [0.25, 0.3) is 0 Å². The first-order valence-electron chi connectivity index (χ1n) is 13.3. The van der Waals surface area contributed by atoms with Gasteiger partial charge in [0, 0.05) is 22.1 Å². The monoisotopic (exact) mass is 514 g/mol. The minimum atomic E-state index is 0.658. The summed E-state index contributed by atoms with van der Waals surface area (Å²) in [6.07, 6.45) is 0. The molecule has 189 valence electrons. The summed E-state index contributed by atoms with van der Waals surface area (Å²) in [4.78, 5) is 2.23. The highest BCUT2D eigenvalue weighted by Gasteiger charge is 2.20. The van der Waals surface area contributed by atoms with E-state index in [1.54, 1.807) is 0 Å². The summed E-state index contributed by atoms with van der Waals surface area (Å²) in [7, 11) is 1.10. The molecular weight excluding hydrogens is 489 g/mol. The third kappa shape index (κ3) is 4.25. The third-order valence-electron chi connectivity index (χ3n) is 7.38. The van der Waals surface area contributed by atoms with E-state index in [9.17, 15) is 5.02 Å². The van der Waals surface area contributed by atoms with Crippen LogP contribution in [0.25, 0.3) is 44.2 Å². The Morgan fingerprint density at radius 2 is 0.925 bits per heavy atom. The van der Waals surface area contributed by atoms with Crippen LogP contribution in [0.2, 0.25) is 0 Å². The molecule has 3 nitrogen and oxygen atoms in total. The SMILES string of the molecule is O[B]c1cccc2c1oc1c(N(c3ccc(-c4ccccc4)cc3)c3ccc(-c4ccccc4)cc3)cccc12. The van der Waals surface area contributed by atoms with Crippen molar-refractivity contribution in [3.8, 4) is 22.3 Å². The molecule has 4 heteroatoms. The van der Waals surface area contributed by atoms with Crippen molar-refractivity contribution in [3.05, 3.63) is 146 Å². The number of hydrogen-bond donors (Lipinski definition) is 1. The van der Waals surface area contributed by atoms with Crippen LogP contribution in [0, 0.1) is 0 Å². The average Bonchev–Trinajstić information content (AvgIpc) is 3.43. The maximum Gasteiger partial charge on any atom is 0.330 e. The van der Waals surface area contributed by atoms with Gasteiger partial charge in [0.1, 0.15) is 5.58 Å². The van der Waals surface area contributed by atoms with Crippen LogP contribution >= 0.6 is 0 Å². The molecule has 40 heavy (non-hydrogen) atoms. The van der Waals surface area contributed by atoms with Crippen molar-refractivity contribution in [2.75, 3.05) is 4.90 Å². The minimum Gasteiger partial charge on any atom is -0.454 e. The van der Waals surface area contributed by atoms with E-state index in [1.165, 1.54) is 11.1 Å². The van der Waals surface area contributed by atoms with E-state index in [0.717, 1.165) is 52.0 Å². The maximum atomic E-state index is 9.84. The Morgan fingerprint density at radius 3 is 1.45 bits per heavy atom. The van der Waals surface area contributed by atoms with Crippen molar-refractivity contribution in [1.29, 1.82) is 0 Å². The van der Waals surface area contributed by atoms with Gasteiger partial charge in [-0.25, -0.2) is 0 Å². The molecule has 0 bridgehead atoms. The van der Waals surface area contributed by atoms with Crippen LogP contribution in [0.1, 0.15) is 0 Å². The van der Waals surface area contributed by atoms with Gasteiger partial charge in [0.2, 0.25) is 0 Å². The molecule has 1 radical (unpaired) electrons. The smallest absolute Gasteiger partial charge is 0.330 e. The fraction of sp³-hybridized carbons (Fsp3) is 0. The number of nitrogens with zero attached hydrogens (tertiary/aromatic N) is 1. The van der Waals surface area contributed by atoms with E-state index in [0.29, 0.717) is 11.0 Å². The highest BCUT2D eigenvalue weighted by atomic mass is 16.3. The highest BCUT2D eigenvalue weighted by Crippen LogP contribution is 2.42. The van der Waals surface area contributed by atoms with Crippen LogP contribution in [-0.2, 0) is 0 Å². The van der Waals surface area contributed by atoms with Crippen LogP contribution < -0.4 is 10.4 Å². The Morgan fingerprint density at radius 1 is 0.450 bits per heavy atom.